The Morgan fingerprint density at radius 1 is 1.30 bits per heavy atom. The molecular weight excluding hydrogens is 262 g/mol. The second-order valence-corrected chi connectivity index (χ2v) is 4.68. The number of methoxy groups -OCH3 is 1. The lowest BCUT2D eigenvalue weighted by Crippen LogP contribution is -2.49. The van der Waals surface area contributed by atoms with Crippen molar-refractivity contribution < 1.29 is 24.2 Å². The number of carbonyl (C=O) groups is 2. The third-order valence-electron chi connectivity index (χ3n) is 2.69. The van der Waals surface area contributed by atoms with Crippen molar-refractivity contribution in [1.29, 1.82) is 0 Å². The minimum absolute atomic E-state index is 0.305. The quantitative estimate of drug-likeness (QED) is 0.828. The molecule has 0 aliphatic heterocycles. The molecule has 0 heterocycles. The van der Waals surface area contributed by atoms with E-state index < -0.39 is 17.4 Å². The maximum Gasteiger partial charge on any atom is 0.328 e. The predicted molar refractivity (Wildman–Crippen MR) is 73.3 cm³/mol. The van der Waals surface area contributed by atoms with E-state index in [1.807, 2.05) is 6.92 Å². The number of nitrogens with one attached hydrogen (secondary N) is 1. The summed E-state index contributed by atoms with van der Waals surface area (Å²) in [5, 5.41) is 11.4. The van der Waals surface area contributed by atoms with E-state index in [0.29, 0.717) is 23.7 Å². The third-order valence-corrected chi connectivity index (χ3v) is 2.69. The van der Waals surface area contributed by atoms with E-state index in [0.717, 1.165) is 0 Å². The minimum atomic E-state index is -1.34. The summed E-state index contributed by atoms with van der Waals surface area (Å²) in [5.41, 5.74) is -1.04. The summed E-state index contributed by atoms with van der Waals surface area (Å²) in [4.78, 5) is 23.0. The number of amides is 1. The maximum atomic E-state index is 12.0. The van der Waals surface area contributed by atoms with Crippen LogP contribution in [0, 0.1) is 0 Å². The summed E-state index contributed by atoms with van der Waals surface area (Å²) in [5.74, 6) is -0.640. The van der Waals surface area contributed by atoms with Crippen molar-refractivity contribution in [2.24, 2.45) is 0 Å². The van der Waals surface area contributed by atoms with E-state index >= 15 is 0 Å². The highest BCUT2D eigenvalue weighted by Gasteiger charge is 2.29. The van der Waals surface area contributed by atoms with Crippen molar-refractivity contribution in [3.8, 4) is 11.5 Å². The zero-order valence-corrected chi connectivity index (χ0v) is 12.0. The van der Waals surface area contributed by atoms with Crippen LogP contribution in [-0.4, -0.2) is 36.2 Å². The number of hydrogen-bond donors (Lipinski definition) is 2. The summed E-state index contributed by atoms with van der Waals surface area (Å²) in [6.07, 6.45) is 0. The molecular formula is C14H19NO5. The van der Waals surface area contributed by atoms with Gasteiger partial charge in [-0.2, -0.15) is 0 Å². The van der Waals surface area contributed by atoms with Gasteiger partial charge in [-0.05, 0) is 39.0 Å². The van der Waals surface area contributed by atoms with Crippen LogP contribution >= 0.6 is 0 Å². The zero-order chi connectivity index (χ0) is 15.3. The molecule has 0 saturated carbocycles. The number of benzene rings is 1. The van der Waals surface area contributed by atoms with Gasteiger partial charge in [-0.3, -0.25) is 4.79 Å². The molecule has 0 aliphatic carbocycles. The van der Waals surface area contributed by atoms with Gasteiger partial charge in [-0.1, -0.05) is 0 Å². The average molecular weight is 281 g/mol. The highest BCUT2D eigenvalue weighted by Crippen LogP contribution is 2.28. The summed E-state index contributed by atoms with van der Waals surface area (Å²) < 4.78 is 10.5. The van der Waals surface area contributed by atoms with Crippen molar-refractivity contribution in [3.05, 3.63) is 23.8 Å². The summed E-state index contributed by atoms with van der Waals surface area (Å²) in [6, 6.07) is 4.68. The Kier molecular flexibility index (Phi) is 4.96. The smallest absolute Gasteiger partial charge is 0.328 e. The minimum Gasteiger partial charge on any atom is -0.493 e. The van der Waals surface area contributed by atoms with Gasteiger partial charge >= 0.3 is 5.97 Å². The van der Waals surface area contributed by atoms with Gasteiger partial charge in [0.15, 0.2) is 11.5 Å². The van der Waals surface area contributed by atoms with Gasteiger partial charge in [-0.15, -0.1) is 0 Å². The predicted octanol–water partition coefficient (Wildman–Crippen LogP) is 1.69. The maximum absolute atomic E-state index is 12.0. The first-order valence-corrected chi connectivity index (χ1v) is 6.18. The van der Waals surface area contributed by atoms with Gasteiger partial charge in [0.2, 0.25) is 0 Å². The molecule has 110 valence electrons. The number of carbonyl (C=O) groups excluding carboxylic acids is 1. The summed E-state index contributed by atoms with van der Waals surface area (Å²) >= 11 is 0. The topological polar surface area (TPSA) is 84.9 Å². The van der Waals surface area contributed by atoms with Gasteiger partial charge in [0.1, 0.15) is 5.54 Å². The molecule has 0 bridgehead atoms. The molecule has 0 spiro atoms. The van der Waals surface area contributed by atoms with Crippen LogP contribution in [-0.2, 0) is 4.79 Å². The highest BCUT2D eigenvalue weighted by molar-refractivity contribution is 5.98. The van der Waals surface area contributed by atoms with E-state index in [9.17, 15) is 9.59 Å². The Bertz CT molecular complexity index is 510. The van der Waals surface area contributed by atoms with E-state index in [4.69, 9.17) is 14.6 Å². The molecule has 0 aliphatic rings. The monoisotopic (exact) mass is 281 g/mol. The van der Waals surface area contributed by atoms with Crippen LogP contribution in [0.2, 0.25) is 0 Å². The molecule has 0 saturated heterocycles. The molecule has 2 N–H and O–H groups in total. The number of aliphatic carboxylic acids is 1. The second-order valence-electron chi connectivity index (χ2n) is 4.68. The molecule has 6 nitrogen and oxygen atoms in total. The zero-order valence-electron chi connectivity index (χ0n) is 12.0. The third kappa shape index (κ3) is 3.63. The lowest BCUT2D eigenvalue weighted by molar-refractivity contribution is -0.143. The highest BCUT2D eigenvalue weighted by atomic mass is 16.5. The van der Waals surface area contributed by atoms with E-state index in [2.05, 4.69) is 5.32 Å². The normalized spacial score (nSPS) is 10.8. The summed E-state index contributed by atoms with van der Waals surface area (Å²) in [7, 11) is 1.47. The van der Waals surface area contributed by atoms with Crippen LogP contribution in [0.25, 0.3) is 0 Å². The molecule has 20 heavy (non-hydrogen) atoms. The van der Waals surface area contributed by atoms with Crippen LogP contribution in [0.1, 0.15) is 31.1 Å². The van der Waals surface area contributed by atoms with Crippen LogP contribution in [0.4, 0.5) is 0 Å². The van der Waals surface area contributed by atoms with E-state index in [-0.39, 0.29) is 0 Å². The number of carboxylic acids is 1. The number of ether oxygens (including phenoxy) is 2. The molecule has 0 radical (unpaired) electrons. The van der Waals surface area contributed by atoms with Crippen molar-refractivity contribution in [2.75, 3.05) is 13.7 Å². The molecule has 1 aromatic carbocycles. The Labute approximate surface area is 117 Å². The van der Waals surface area contributed by atoms with Crippen molar-refractivity contribution in [1.82, 2.24) is 5.32 Å². The fraction of sp³-hybridized carbons (Fsp3) is 0.429. The Morgan fingerprint density at radius 2 is 1.95 bits per heavy atom. The number of carboxylic acid groups (broad SMARTS) is 1. The van der Waals surface area contributed by atoms with Gasteiger partial charge in [0.25, 0.3) is 5.91 Å². The van der Waals surface area contributed by atoms with Crippen molar-refractivity contribution in [3.63, 3.8) is 0 Å². The van der Waals surface area contributed by atoms with Crippen molar-refractivity contribution >= 4 is 11.9 Å². The fourth-order valence-electron chi connectivity index (χ4n) is 1.49. The van der Waals surface area contributed by atoms with E-state index in [1.54, 1.807) is 12.1 Å². The first-order chi connectivity index (χ1) is 9.31. The molecule has 1 amide bonds. The molecule has 0 unspecified atom stereocenters. The van der Waals surface area contributed by atoms with Gasteiger partial charge in [0.05, 0.1) is 13.7 Å². The largest absolute Gasteiger partial charge is 0.493 e. The lowest BCUT2D eigenvalue weighted by atomic mass is 10.1. The van der Waals surface area contributed by atoms with Crippen LogP contribution in [0.5, 0.6) is 11.5 Å². The first-order valence-electron chi connectivity index (χ1n) is 6.18. The SMILES string of the molecule is CCOc1ccc(C(=O)NC(C)(C)C(=O)O)cc1OC. The Hall–Kier alpha value is -2.24. The molecule has 0 fully saturated rings. The molecule has 0 atom stereocenters. The Morgan fingerprint density at radius 3 is 2.45 bits per heavy atom. The van der Waals surface area contributed by atoms with Crippen LogP contribution < -0.4 is 14.8 Å². The van der Waals surface area contributed by atoms with Gasteiger partial charge in [-0.25, -0.2) is 4.79 Å². The lowest BCUT2D eigenvalue weighted by Gasteiger charge is -2.21. The van der Waals surface area contributed by atoms with Gasteiger partial charge in [0, 0.05) is 5.56 Å². The molecule has 0 aromatic heterocycles. The van der Waals surface area contributed by atoms with Crippen LogP contribution in [0.3, 0.4) is 0 Å². The van der Waals surface area contributed by atoms with Crippen molar-refractivity contribution in [2.45, 2.75) is 26.3 Å². The summed E-state index contributed by atoms with van der Waals surface area (Å²) in [6.45, 7) is 5.15. The average Bonchev–Trinajstić information content (AvgIpc) is 2.38. The molecule has 1 aromatic rings. The molecule has 6 heteroatoms. The van der Waals surface area contributed by atoms with Crippen LogP contribution in [0.15, 0.2) is 18.2 Å². The Balaban J connectivity index is 2.97. The van der Waals surface area contributed by atoms with E-state index in [1.165, 1.54) is 27.0 Å². The first kappa shape index (κ1) is 15.8. The number of hydrogen-bond acceptors (Lipinski definition) is 4. The van der Waals surface area contributed by atoms with Gasteiger partial charge < -0.3 is 19.9 Å². The second kappa shape index (κ2) is 6.27. The standard InChI is InChI=1S/C14H19NO5/c1-5-20-10-7-6-9(8-11(10)19-4)12(16)15-14(2,3)13(17)18/h6-8H,5H2,1-4H3,(H,15,16)(H,17,18). The fourth-order valence-corrected chi connectivity index (χ4v) is 1.49. The molecule has 1 rings (SSSR count). The number of rotatable bonds is 6.